The third-order valence-corrected chi connectivity index (χ3v) is 4.26. The summed E-state index contributed by atoms with van der Waals surface area (Å²) in [5.74, 6) is 1.46. The van der Waals surface area contributed by atoms with Gasteiger partial charge < -0.3 is 10.1 Å². The molecule has 3 rings (SSSR count). The number of hydrogen-bond acceptors (Lipinski definition) is 2. The summed E-state index contributed by atoms with van der Waals surface area (Å²) in [6, 6.07) is 6.38. The molecule has 1 aromatic carbocycles. The highest BCUT2D eigenvalue weighted by Gasteiger charge is 2.24. The zero-order valence-corrected chi connectivity index (χ0v) is 11.4. The van der Waals surface area contributed by atoms with Gasteiger partial charge in [0, 0.05) is 18.9 Å². The zero-order valence-electron chi connectivity index (χ0n) is 11.4. The molecule has 0 radical (unpaired) electrons. The fourth-order valence-corrected chi connectivity index (χ4v) is 3.02. The summed E-state index contributed by atoms with van der Waals surface area (Å²) in [5.41, 5.74) is 2.41. The van der Waals surface area contributed by atoms with E-state index in [0.29, 0.717) is 18.4 Å². The van der Waals surface area contributed by atoms with E-state index in [0.717, 1.165) is 12.3 Å². The fraction of sp³-hybridized carbons (Fsp3) is 0.562. The normalized spacial score (nSPS) is 23.6. The number of amides is 1. The van der Waals surface area contributed by atoms with Crippen LogP contribution in [0.4, 0.5) is 0 Å². The van der Waals surface area contributed by atoms with E-state index in [1.165, 1.54) is 36.8 Å². The first-order valence-corrected chi connectivity index (χ1v) is 7.26. The van der Waals surface area contributed by atoms with E-state index < -0.39 is 0 Å². The van der Waals surface area contributed by atoms with Crippen molar-refractivity contribution in [1.29, 1.82) is 0 Å². The fourth-order valence-electron chi connectivity index (χ4n) is 3.02. The quantitative estimate of drug-likeness (QED) is 0.906. The Morgan fingerprint density at radius 1 is 1.26 bits per heavy atom. The van der Waals surface area contributed by atoms with Gasteiger partial charge in [-0.05, 0) is 49.8 Å². The topological polar surface area (TPSA) is 38.3 Å². The molecule has 0 spiro atoms. The summed E-state index contributed by atoms with van der Waals surface area (Å²) in [7, 11) is 0. The Kier molecular flexibility index (Phi) is 3.45. The van der Waals surface area contributed by atoms with Gasteiger partial charge in [0.15, 0.2) is 0 Å². The summed E-state index contributed by atoms with van der Waals surface area (Å²) >= 11 is 0. The van der Waals surface area contributed by atoms with Crippen LogP contribution in [0.5, 0.6) is 5.75 Å². The van der Waals surface area contributed by atoms with Crippen molar-refractivity contribution in [3.05, 3.63) is 29.3 Å². The molecule has 1 aliphatic heterocycles. The smallest absolute Gasteiger partial charge is 0.220 e. The van der Waals surface area contributed by atoms with Crippen molar-refractivity contribution in [2.45, 2.75) is 51.0 Å². The van der Waals surface area contributed by atoms with E-state index in [1.807, 2.05) is 0 Å². The number of ether oxygens (including phenoxy) is 1. The Morgan fingerprint density at radius 2 is 2.05 bits per heavy atom. The van der Waals surface area contributed by atoms with Gasteiger partial charge in [-0.1, -0.05) is 12.1 Å². The van der Waals surface area contributed by atoms with Gasteiger partial charge >= 0.3 is 0 Å². The van der Waals surface area contributed by atoms with Crippen LogP contribution in [0, 0.1) is 6.92 Å². The standard InChI is InChI=1S/C16H21NO2/c1-11-6-7-12(13-9-16(18)17-10-13)8-15(11)19-14-4-2-3-5-14/h6-8,13-14H,2-5,9-10H2,1H3,(H,17,18)/t13-/m0/s1. The summed E-state index contributed by atoms with van der Waals surface area (Å²) in [6.45, 7) is 2.84. The van der Waals surface area contributed by atoms with E-state index in [9.17, 15) is 4.79 Å². The third kappa shape index (κ3) is 2.75. The summed E-state index contributed by atoms with van der Waals surface area (Å²) in [5, 5.41) is 2.90. The Hall–Kier alpha value is -1.51. The number of hydrogen-bond donors (Lipinski definition) is 1. The van der Waals surface area contributed by atoms with Gasteiger partial charge in [-0.3, -0.25) is 4.79 Å². The van der Waals surface area contributed by atoms with E-state index in [4.69, 9.17) is 4.74 Å². The lowest BCUT2D eigenvalue weighted by Gasteiger charge is -2.17. The molecule has 19 heavy (non-hydrogen) atoms. The molecular formula is C16H21NO2. The number of rotatable bonds is 3. The predicted octanol–water partition coefficient (Wildman–Crippen LogP) is 2.92. The molecule has 102 valence electrons. The van der Waals surface area contributed by atoms with Crippen LogP contribution in [0.3, 0.4) is 0 Å². The maximum atomic E-state index is 11.3. The molecule has 1 amide bonds. The summed E-state index contributed by atoms with van der Waals surface area (Å²) in [4.78, 5) is 11.3. The highest BCUT2D eigenvalue weighted by atomic mass is 16.5. The van der Waals surface area contributed by atoms with Gasteiger partial charge in [0.1, 0.15) is 5.75 Å². The van der Waals surface area contributed by atoms with Crippen LogP contribution in [0.25, 0.3) is 0 Å². The number of carbonyl (C=O) groups is 1. The molecule has 0 unspecified atom stereocenters. The molecule has 3 nitrogen and oxygen atoms in total. The molecule has 2 fully saturated rings. The van der Waals surface area contributed by atoms with Crippen LogP contribution in [0.1, 0.15) is 49.1 Å². The molecule has 2 aliphatic rings. The van der Waals surface area contributed by atoms with E-state index >= 15 is 0 Å². The van der Waals surface area contributed by atoms with Crippen LogP contribution >= 0.6 is 0 Å². The van der Waals surface area contributed by atoms with Crippen molar-refractivity contribution in [3.8, 4) is 5.75 Å². The predicted molar refractivity (Wildman–Crippen MR) is 74.4 cm³/mol. The lowest BCUT2D eigenvalue weighted by molar-refractivity contribution is -0.119. The number of aryl methyl sites for hydroxylation is 1. The van der Waals surface area contributed by atoms with Crippen molar-refractivity contribution in [1.82, 2.24) is 5.32 Å². The number of benzene rings is 1. The average Bonchev–Trinajstić information content (AvgIpc) is 3.03. The van der Waals surface area contributed by atoms with Gasteiger partial charge in [-0.15, -0.1) is 0 Å². The molecule has 0 aromatic heterocycles. The van der Waals surface area contributed by atoms with Crippen LogP contribution in [-0.2, 0) is 4.79 Å². The Balaban J connectivity index is 1.77. The van der Waals surface area contributed by atoms with Gasteiger partial charge in [0.05, 0.1) is 6.10 Å². The second-order valence-corrected chi connectivity index (χ2v) is 5.75. The van der Waals surface area contributed by atoms with Gasteiger partial charge in [-0.2, -0.15) is 0 Å². The van der Waals surface area contributed by atoms with Crippen LogP contribution in [0.2, 0.25) is 0 Å². The molecule has 0 bridgehead atoms. The molecule has 1 N–H and O–H groups in total. The van der Waals surface area contributed by atoms with Crippen molar-refractivity contribution in [2.75, 3.05) is 6.54 Å². The van der Waals surface area contributed by atoms with E-state index in [2.05, 4.69) is 30.4 Å². The molecule has 1 aliphatic carbocycles. The van der Waals surface area contributed by atoms with Gasteiger partial charge in [-0.25, -0.2) is 0 Å². The second kappa shape index (κ2) is 5.24. The molecular weight excluding hydrogens is 238 g/mol. The van der Waals surface area contributed by atoms with Crippen LogP contribution < -0.4 is 10.1 Å². The second-order valence-electron chi connectivity index (χ2n) is 5.75. The van der Waals surface area contributed by atoms with Crippen molar-refractivity contribution < 1.29 is 9.53 Å². The van der Waals surface area contributed by atoms with Crippen molar-refractivity contribution in [3.63, 3.8) is 0 Å². The average molecular weight is 259 g/mol. The maximum absolute atomic E-state index is 11.3. The SMILES string of the molecule is Cc1ccc([C@@H]2CNC(=O)C2)cc1OC1CCCC1. The minimum Gasteiger partial charge on any atom is -0.490 e. The van der Waals surface area contributed by atoms with Crippen molar-refractivity contribution in [2.24, 2.45) is 0 Å². The molecule has 1 heterocycles. The lowest BCUT2D eigenvalue weighted by atomic mass is 9.97. The molecule has 3 heteroatoms. The highest BCUT2D eigenvalue weighted by Crippen LogP contribution is 2.31. The minimum atomic E-state index is 0.156. The number of nitrogens with one attached hydrogen (secondary N) is 1. The summed E-state index contributed by atoms with van der Waals surface area (Å²) < 4.78 is 6.13. The first kappa shape index (κ1) is 12.5. The van der Waals surface area contributed by atoms with E-state index in [1.54, 1.807) is 0 Å². The lowest BCUT2D eigenvalue weighted by Crippen LogP contribution is -2.14. The molecule has 1 atom stereocenters. The molecule has 1 saturated carbocycles. The summed E-state index contributed by atoms with van der Waals surface area (Å²) in [6.07, 6.45) is 5.90. The molecule has 1 saturated heterocycles. The first-order valence-electron chi connectivity index (χ1n) is 7.26. The highest BCUT2D eigenvalue weighted by molar-refractivity contribution is 5.79. The monoisotopic (exact) mass is 259 g/mol. The van der Waals surface area contributed by atoms with Gasteiger partial charge in [0.25, 0.3) is 0 Å². The Bertz CT molecular complexity index is 478. The van der Waals surface area contributed by atoms with E-state index in [-0.39, 0.29) is 5.91 Å². The maximum Gasteiger partial charge on any atom is 0.220 e. The van der Waals surface area contributed by atoms with Crippen molar-refractivity contribution >= 4 is 5.91 Å². The minimum absolute atomic E-state index is 0.156. The largest absolute Gasteiger partial charge is 0.490 e. The number of carbonyl (C=O) groups excluding carboxylic acids is 1. The molecule has 1 aromatic rings. The first-order chi connectivity index (χ1) is 9.22. The van der Waals surface area contributed by atoms with Crippen LogP contribution in [-0.4, -0.2) is 18.6 Å². The van der Waals surface area contributed by atoms with Gasteiger partial charge in [0.2, 0.25) is 5.91 Å². The van der Waals surface area contributed by atoms with Crippen LogP contribution in [0.15, 0.2) is 18.2 Å². The Morgan fingerprint density at radius 3 is 2.74 bits per heavy atom. The zero-order chi connectivity index (χ0) is 13.2. The Labute approximate surface area is 114 Å². The third-order valence-electron chi connectivity index (χ3n) is 4.26.